The number of hydrogen-bond acceptors (Lipinski definition) is 5. The van der Waals surface area contributed by atoms with E-state index >= 15 is 0 Å². The molecule has 6 nitrogen and oxygen atoms in total. The number of amides is 1. The molecule has 3 aromatic rings. The van der Waals surface area contributed by atoms with Gasteiger partial charge >= 0.3 is 0 Å². The predicted molar refractivity (Wildman–Crippen MR) is 115 cm³/mol. The van der Waals surface area contributed by atoms with Crippen LogP contribution in [0.1, 0.15) is 26.7 Å². The van der Waals surface area contributed by atoms with Crippen LogP contribution >= 0.6 is 11.3 Å². The molecule has 0 spiro atoms. The summed E-state index contributed by atoms with van der Waals surface area (Å²) < 4.78 is 46.0. The normalized spacial score (nSPS) is 12.4. The molecule has 0 fully saturated rings. The maximum Gasteiger partial charge on any atom is 0.248 e. The molecule has 3 rings (SSSR count). The molecular weight excluding hydrogens is 427 g/mol. The fourth-order valence-electron chi connectivity index (χ4n) is 3.04. The fourth-order valence-corrected chi connectivity index (χ4v) is 5.49. The van der Waals surface area contributed by atoms with Gasteiger partial charge in [0.15, 0.2) is 14.6 Å². The van der Waals surface area contributed by atoms with Crippen molar-refractivity contribution in [3.8, 4) is 5.75 Å². The van der Waals surface area contributed by atoms with Crippen molar-refractivity contribution in [2.45, 2.75) is 38.1 Å². The molecule has 0 saturated heterocycles. The lowest BCUT2D eigenvalue weighted by Crippen LogP contribution is -2.16. The molecule has 0 bridgehead atoms. The number of hydrogen-bond donors (Lipinski definition) is 0. The van der Waals surface area contributed by atoms with Crippen molar-refractivity contribution in [1.29, 1.82) is 0 Å². The molecule has 160 valence electrons. The van der Waals surface area contributed by atoms with Gasteiger partial charge in [0.05, 0.1) is 27.5 Å². The first-order chi connectivity index (χ1) is 14.3. The summed E-state index contributed by atoms with van der Waals surface area (Å²) in [6.07, 6.45) is 0.163. The molecule has 0 unspecified atom stereocenters. The van der Waals surface area contributed by atoms with Crippen LogP contribution in [0.3, 0.4) is 0 Å². The third-order valence-electron chi connectivity index (χ3n) is 4.48. The Hall–Kier alpha value is -2.52. The van der Waals surface area contributed by atoms with Crippen molar-refractivity contribution in [2.75, 3.05) is 12.4 Å². The van der Waals surface area contributed by atoms with Crippen LogP contribution in [0.15, 0.2) is 52.4 Å². The summed E-state index contributed by atoms with van der Waals surface area (Å²) in [5.41, 5.74) is 0.969. The Bertz CT molecular complexity index is 1210. The summed E-state index contributed by atoms with van der Waals surface area (Å²) in [7, 11) is -3.57. The number of halogens is 1. The van der Waals surface area contributed by atoms with Crippen LogP contribution in [-0.4, -0.2) is 31.3 Å². The maximum atomic E-state index is 13.0. The lowest BCUT2D eigenvalue weighted by molar-refractivity contribution is -0.118. The molecule has 0 aliphatic carbocycles. The molecular formula is C21H23FN2O4S2. The number of ether oxygens (including phenoxy) is 1. The highest BCUT2D eigenvalue weighted by Crippen LogP contribution is 2.23. The highest BCUT2D eigenvalue weighted by atomic mass is 32.2. The Kier molecular flexibility index (Phi) is 7.04. The second kappa shape index (κ2) is 9.53. The number of benzene rings is 2. The van der Waals surface area contributed by atoms with E-state index in [0.717, 1.165) is 28.1 Å². The molecule has 0 saturated carbocycles. The summed E-state index contributed by atoms with van der Waals surface area (Å²) in [5, 5.41) is 0. The Morgan fingerprint density at radius 1 is 1.17 bits per heavy atom. The smallest absolute Gasteiger partial charge is 0.248 e. The number of sulfone groups is 1. The standard InChI is InChI=1S/C21H23FN2O4S2/c1-3-24-18-12-9-16(28-4-2)14-19(18)29-21(24)23-20(25)6-5-13-30(26,27)17-10-7-15(22)8-11-17/h7-12,14H,3-6,13H2,1-2H3. The Labute approximate surface area is 178 Å². The highest BCUT2D eigenvalue weighted by molar-refractivity contribution is 7.91. The molecule has 0 aliphatic heterocycles. The van der Waals surface area contributed by atoms with Crippen LogP contribution in [0, 0.1) is 5.82 Å². The second-order valence-electron chi connectivity index (χ2n) is 6.57. The van der Waals surface area contributed by atoms with Gasteiger partial charge in [0.25, 0.3) is 0 Å². The van der Waals surface area contributed by atoms with E-state index in [9.17, 15) is 17.6 Å². The van der Waals surface area contributed by atoms with Crippen LogP contribution < -0.4 is 9.54 Å². The van der Waals surface area contributed by atoms with Gasteiger partial charge in [-0.1, -0.05) is 11.3 Å². The zero-order valence-electron chi connectivity index (χ0n) is 16.8. The lowest BCUT2D eigenvalue weighted by Gasteiger charge is -2.04. The SMILES string of the molecule is CCOc1ccc2c(c1)sc(=NC(=O)CCCS(=O)(=O)c1ccc(F)cc1)n2CC. The first-order valence-electron chi connectivity index (χ1n) is 9.66. The third kappa shape index (κ3) is 5.14. The van der Waals surface area contributed by atoms with Crippen LogP contribution in [0.2, 0.25) is 0 Å². The first-order valence-corrected chi connectivity index (χ1v) is 12.1. The number of nitrogens with zero attached hydrogens (tertiary/aromatic N) is 2. The molecule has 1 amide bonds. The van der Waals surface area contributed by atoms with Gasteiger partial charge in [-0.05, 0) is 62.7 Å². The number of aryl methyl sites for hydroxylation is 1. The molecule has 30 heavy (non-hydrogen) atoms. The van der Waals surface area contributed by atoms with Gasteiger partial charge in [-0.2, -0.15) is 4.99 Å². The number of thiazole rings is 1. The number of rotatable bonds is 8. The van der Waals surface area contributed by atoms with Crippen LogP contribution in [0.25, 0.3) is 10.2 Å². The van der Waals surface area contributed by atoms with Crippen molar-refractivity contribution >= 4 is 37.3 Å². The zero-order chi connectivity index (χ0) is 21.7. The molecule has 0 N–H and O–H groups in total. The Morgan fingerprint density at radius 3 is 2.57 bits per heavy atom. The van der Waals surface area contributed by atoms with Crippen molar-refractivity contribution in [3.05, 3.63) is 53.1 Å². The van der Waals surface area contributed by atoms with Crippen LogP contribution in [0.5, 0.6) is 5.75 Å². The predicted octanol–water partition coefficient (Wildman–Crippen LogP) is 3.94. The largest absolute Gasteiger partial charge is 0.494 e. The van der Waals surface area contributed by atoms with Gasteiger partial charge in [-0.25, -0.2) is 12.8 Å². The molecule has 1 aromatic heterocycles. The fraction of sp³-hybridized carbons (Fsp3) is 0.333. The van der Waals surface area contributed by atoms with E-state index < -0.39 is 15.7 Å². The van der Waals surface area contributed by atoms with Crippen LogP contribution in [-0.2, 0) is 21.2 Å². The van der Waals surface area contributed by atoms with Gasteiger partial charge in [-0.15, -0.1) is 0 Å². The molecule has 0 atom stereocenters. The maximum absolute atomic E-state index is 13.0. The van der Waals surface area contributed by atoms with Crippen molar-refractivity contribution in [1.82, 2.24) is 4.57 Å². The summed E-state index contributed by atoms with van der Waals surface area (Å²) in [6, 6.07) is 10.4. The lowest BCUT2D eigenvalue weighted by atomic mass is 10.3. The van der Waals surface area contributed by atoms with Gasteiger partial charge in [0.2, 0.25) is 5.91 Å². The Balaban J connectivity index is 1.73. The topological polar surface area (TPSA) is 77.7 Å². The first kappa shape index (κ1) is 22.2. The number of aromatic nitrogens is 1. The monoisotopic (exact) mass is 450 g/mol. The van der Waals surface area contributed by atoms with Crippen molar-refractivity contribution in [3.63, 3.8) is 0 Å². The Morgan fingerprint density at radius 2 is 1.90 bits per heavy atom. The van der Waals surface area contributed by atoms with E-state index in [0.29, 0.717) is 18.0 Å². The summed E-state index contributed by atoms with van der Waals surface area (Å²) in [6.45, 7) is 5.11. The van der Waals surface area contributed by atoms with E-state index in [1.54, 1.807) is 0 Å². The van der Waals surface area contributed by atoms with Gasteiger partial charge in [0.1, 0.15) is 11.6 Å². The quantitative estimate of drug-likeness (QED) is 0.487. The molecule has 2 aromatic carbocycles. The average molecular weight is 451 g/mol. The number of carbonyl (C=O) groups excluding carboxylic acids is 1. The minimum atomic E-state index is -3.57. The van der Waals surface area contributed by atoms with Crippen molar-refractivity contribution < 1.29 is 22.3 Å². The third-order valence-corrected chi connectivity index (χ3v) is 7.34. The summed E-state index contributed by atoms with van der Waals surface area (Å²) in [4.78, 5) is 17.2. The zero-order valence-corrected chi connectivity index (χ0v) is 18.4. The van der Waals surface area contributed by atoms with E-state index in [-0.39, 0.29) is 29.4 Å². The average Bonchev–Trinajstić information content (AvgIpc) is 3.04. The van der Waals surface area contributed by atoms with Gasteiger partial charge in [-0.3, -0.25) is 4.79 Å². The number of fused-ring (bicyclic) bond motifs is 1. The highest BCUT2D eigenvalue weighted by Gasteiger charge is 2.15. The van der Waals surface area contributed by atoms with E-state index in [4.69, 9.17) is 4.74 Å². The van der Waals surface area contributed by atoms with Crippen molar-refractivity contribution in [2.24, 2.45) is 4.99 Å². The van der Waals surface area contributed by atoms with Gasteiger partial charge < -0.3 is 9.30 Å². The van der Waals surface area contributed by atoms with E-state index in [1.165, 1.54) is 23.5 Å². The number of carbonyl (C=O) groups is 1. The molecule has 0 aliphatic rings. The summed E-state index contributed by atoms with van der Waals surface area (Å²) in [5.74, 6) is -0.303. The van der Waals surface area contributed by atoms with Crippen LogP contribution in [0.4, 0.5) is 4.39 Å². The minimum absolute atomic E-state index is 0.0164. The molecule has 9 heteroatoms. The minimum Gasteiger partial charge on any atom is -0.494 e. The van der Waals surface area contributed by atoms with E-state index in [1.807, 2.05) is 36.6 Å². The molecule has 0 radical (unpaired) electrons. The second-order valence-corrected chi connectivity index (χ2v) is 9.69. The van der Waals surface area contributed by atoms with Gasteiger partial charge in [0, 0.05) is 13.0 Å². The summed E-state index contributed by atoms with van der Waals surface area (Å²) >= 11 is 1.40. The molecule has 1 heterocycles. The van der Waals surface area contributed by atoms with E-state index in [2.05, 4.69) is 4.99 Å².